The second-order valence-electron chi connectivity index (χ2n) is 6.21. The van der Waals surface area contributed by atoms with Crippen molar-refractivity contribution in [1.82, 2.24) is 15.1 Å². The van der Waals surface area contributed by atoms with Crippen LogP contribution in [0.5, 0.6) is 0 Å². The number of carbonyl (C=O) groups is 1. The van der Waals surface area contributed by atoms with Crippen LogP contribution in [-0.2, 0) is 9.47 Å². The molecule has 2 unspecified atom stereocenters. The van der Waals surface area contributed by atoms with E-state index in [1.54, 1.807) is 7.11 Å². The van der Waals surface area contributed by atoms with Gasteiger partial charge in [0.25, 0.3) is 0 Å². The SMILES string of the molecule is COCC1CN(C(=O)NCC2(N(C)C)CC2)CC(C)O1. The number of urea groups is 1. The Hall–Kier alpha value is -0.850. The van der Waals surface area contributed by atoms with Gasteiger partial charge >= 0.3 is 6.03 Å². The van der Waals surface area contributed by atoms with E-state index in [1.807, 2.05) is 11.8 Å². The summed E-state index contributed by atoms with van der Waals surface area (Å²) in [4.78, 5) is 16.3. The predicted molar refractivity (Wildman–Crippen MR) is 76.8 cm³/mol. The third-order valence-corrected chi connectivity index (χ3v) is 4.31. The largest absolute Gasteiger partial charge is 0.382 e. The maximum Gasteiger partial charge on any atom is 0.317 e. The van der Waals surface area contributed by atoms with Crippen LogP contribution in [0.1, 0.15) is 19.8 Å². The number of hydrogen-bond acceptors (Lipinski definition) is 4. The highest BCUT2D eigenvalue weighted by molar-refractivity contribution is 5.74. The van der Waals surface area contributed by atoms with Crippen molar-refractivity contribution in [3.05, 3.63) is 0 Å². The van der Waals surface area contributed by atoms with Gasteiger partial charge in [-0.15, -0.1) is 0 Å². The maximum absolute atomic E-state index is 12.3. The highest BCUT2D eigenvalue weighted by Crippen LogP contribution is 2.39. The van der Waals surface area contributed by atoms with Crippen LogP contribution in [-0.4, -0.2) is 81.0 Å². The molecule has 1 saturated carbocycles. The fourth-order valence-corrected chi connectivity index (χ4v) is 2.77. The van der Waals surface area contributed by atoms with Crippen molar-refractivity contribution in [3.63, 3.8) is 0 Å². The first-order valence-corrected chi connectivity index (χ1v) is 7.31. The molecule has 2 amide bonds. The van der Waals surface area contributed by atoms with Crippen molar-refractivity contribution in [1.29, 1.82) is 0 Å². The third kappa shape index (κ3) is 3.62. The van der Waals surface area contributed by atoms with E-state index in [9.17, 15) is 4.79 Å². The molecule has 1 heterocycles. The Morgan fingerprint density at radius 2 is 2.15 bits per heavy atom. The minimum Gasteiger partial charge on any atom is -0.382 e. The second-order valence-corrected chi connectivity index (χ2v) is 6.21. The number of morpholine rings is 1. The van der Waals surface area contributed by atoms with Gasteiger partial charge in [0, 0.05) is 25.7 Å². The number of carbonyl (C=O) groups excluding carboxylic acids is 1. The van der Waals surface area contributed by atoms with E-state index in [0.717, 1.165) is 19.4 Å². The first-order chi connectivity index (χ1) is 9.47. The number of ether oxygens (including phenoxy) is 2. The van der Waals surface area contributed by atoms with Crippen LogP contribution < -0.4 is 5.32 Å². The van der Waals surface area contributed by atoms with E-state index in [4.69, 9.17) is 9.47 Å². The monoisotopic (exact) mass is 285 g/mol. The van der Waals surface area contributed by atoms with Gasteiger partial charge in [0.2, 0.25) is 0 Å². The van der Waals surface area contributed by atoms with Crippen LogP contribution in [0.15, 0.2) is 0 Å². The van der Waals surface area contributed by atoms with Crippen molar-refractivity contribution in [2.24, 2.45) is 0 Å². The molecular formula is C14H27N3O3. The van der Waals surface area contributed by atoms with E-state index < -0.39 is 0 Å². The summed E-state index contributed by atoms with van der Waals surface area (Å²) in [5, 5.41) is 3.07. The zero-order chi connectivity index (χ0) is 14.8. The molecule has 116 valence electrons. The summed E-state index contributed by atoms with van der Waals surface area (Å²) in [7, 11) is 5.80. The molecule has 1 saturated heterocycles. The summed E-state index contributed by atoms with van der Waals surface area (Å²) in [6, 6.07) is 0.00868. The van der Waals surface area contributed by atoms with Gasteiger partial charge in [0.15, 0.2) is 0 Å². The fraction of sp³-hybridized carbons (Fsp3) is 0.929. The number of amides is 2. The normalized spacial score (nSPS) is 28.6. The van der Waals surface area contributed by atoms with Crippen LogP contribution >= 0.6 is 0 Å². The third-order valence-electron chi connectivity index (χ3n) is 4.31. The van der Waals surface area contributed by atoms with Crippen molar-refractivity contribution in [3.8, 4) is 0 Å². The van der Waals surface area contributed by atoms with Gasteiger partial charge in [0.1, 0.15) is 0 Å². The van der Waals surface area contributed by atoms with Crippen LogP contribution in [0.2, 0.25) is 0 Å². The molecule has 6 nitrogen and oxygen atoms in total. The molecule has 6 heteroatoms. The Balaban J connectivity index is 1.82. The zero-order valence-electron chi connectivity index (χ0n) is 13.0. The minimum absolute atomic E-state index is 0.00868. The molecule has 2 fully saturated rings. The van der Waals surface area contributed by atoms with Crippen molar-refractivity contribution >= 4 is 6.03 Å². The standard InChI is InChI=1S/C14H27N3O3/c1-11-7-17(8-12(20-11)9-19-4)13(18)15-10-14(5-6-14)16(2)3/h11-12H,5-10H2,1-4H3,(H,15,18). The molecule has 2 aliphatic rings. The zero-order valence-corrected chi connectivity index (χ0v) is 13.0. The van der Waals surface area contributed by atoms with Gasteiger partial charge < -0.3 is 24.6 Å². The van der Waals surface area contributed by atoms with E-state index in [1.165, 1.54) is 0 Å². The second kappa shape index (κ2) is 6.28. The van der Waals surface area contributed by atoms with Gasteiger partial charge in [-0.3, -0.25) is 0 Å². The average Bonchev–Trinajstić information content (AvgIpc) is 3.17. The highest BCUT2D eigenvalue weighted by atomic mass is 16.5. The van der Waals surface area contributed by atoms with E-state index in [2.05, 4.69) is 24.3 Å². The number of methoxy groups -OCH3 is 1. The topological polar surface area (TPSA) is 54.0 Å². The molecule has 1 aliphatic heterocycles. The molecule has 1 N–H and O–H groups in total. The fourth-order valence-electron chi connectivity index (χ4n) is 2.77. The molecule has 2 rings (SSSR count). The maximum atomic E-state index is 12.3. The first kappa shape index (κ1) is 15.5. The molecule has 0 aromatic heterocycles. The lowest BCUT2D eigenvalue weighted by atomic mass is 10.2. The summed E-state index contributed by atoms with van der Waals surface area (Å²) in [6.07, 6.45) is 2.34. The molecule has 0 spiro atoms. The Morgan fingerprint density at radius 3 is 2.70 bits per heavy atom. The quantitative estimate of drug-likeness (QED) is 0.800. The summed E-state index contributed by atoms with van der Waals surface area (Å²) in [5.74, 6) is 0. The molecule has 0 aromatic rings. The Kier molecular flexibility index (Phi) is 4.88. The lowest BCUT2D eigenvalue weighted by Gasteiger charge is -2.37. The Labute approximate surface area is 121 Å². The number of rotatable bonds is 5. The lowest BCUT2D eigenvalue weighted by molar-refractivity contribution is -0.0897. The predicted octanol–water partition coefficient (Wildman–Crippen LogP) is 0.526. The lowest BCUT2D eigenvalue weighted by Crippen LogP contribution is -2.55. The number of nitrogens with one attached hydrogen (secondary N) is 1. The Bertz CT molecular complexity index is 345. The van der Waals surface area contributed by atoms with Crippen molar-refractivity contribution in [2.45, 2.75) is 37.5 Å². The molecule has 0 aromatic carbocycles. The van der Waals surface area contributed by atoms with Crippen molar-refractivity contribution in [2.75, 3.05) is 47.4 Å². The summed E-state index contributed by atoms with van der Waals surface area (Å²) in [6.45, 7) is 4.47. The highest BCUT2D eigenvalue weighted by Gasteiger charge is 2.45. The molecular weight excluding hydrogens is 258 g/mol. The van der Waals surface area contributed by atoms with Crippen LogP contribution in [0.25, 0.3) is 0 Å². The van der Waals surface area contributed by atoms with Gasteiger partial charge in [-0.2, -0.15) is 0 Å². The van der Waals surface area contributed by atoms with Crippen molar-refractivity contribution < 1.29 is 14.3 Å². The summed E-state index contributed by atoms with van der Waals surface area (Å²) >= 11 is 0. The summed E-state index contributed by atoms with van der Waals surface area (Å²) in [5.41, 5.74) is 0.180. The number of hydrogen-bond donors (Lipinski definition) is 1. The van der Waals surface area contributed by atoms with Gasteiger partial charge in [-0.1, -0.05) is 0 Å². The van der Waals surface area contributed by atoms with E-state index >= 15 is 0 Å². The van der Waals surface area contributed by atoms with E-state index in [0.29, 0.717) is 19.7 Å². The van der Waals surface area contributed by atoms with Crippen LogP contribution in [0.4, 0.5) is 4.79 Å². The molecule has 20 heavy (non-hydrogen) atoms. The first-order valence-electron chi connectivity index (χ1n) is 7.31. The van der Waals surface area contributed by atoms with Gasteiger partial charge in [-0.25, -0.2) is 4.79 Å². The van der Waals surface area contributed by atoms with Crippen LogP contribution in [0.3, 0.4) is 0 Å². The molecule has 0 radical (unpaired) electrons. The Morgan fingerprint density at radius 1 is 1.45 bits per heavy atom. The molecule has 2 atom stereocenters. The summed E-state index contributed by atoms with van der Waals surface area (Å²) < 4.78 is 10.9. The smallest absolute Gasteiger partial charge is 0.317 e. The molecule has 1 aliphatic carbocycles. The van der Waals surface area contributed by atoms with Gasteiger partial charge in [0.05, 0.1) is 25.4 Å². The van der Waals surface area contributed by atoms with Crippen LogP contribution in [0, 0.1) is 0 Å². The van der Waals surface area contributed by atoms with Gasteiger partial charge in [-0.05, 0) is 33.9 Å². The van der Waals surface area contributed by atoms with E-state index in [-0.39, 0.29) is 23.8 Å². The minimum atomic E-state index is -0.0294. The average molecular weight is 285 g/mol. The molecule has 0 bridgehead atoms. The number of likely N-dealkylation sites (N-methyl/N-ethyl adjacent to an activating group) is 1. The number of nitrogens with zero attached hydrogens (tertiary/aromatic N) is 2.